The second kappa shape index (κ2) is 10.5. The number of ether oxygens (including phenoxy) is 2. The highest BCUT2D eigenvalue weighted by Crippen LogP contribution is 2.28. The number of hydrogen-bond donors (Lipinski definition) is 2. The van der Waals surface area contributed by atoms with Gasteiger partial charge >= 0.3 is 0 Å². The van der Waals surface area contributed by atoms with E-state index in [0.717, 1.165) is 0 Å². The number of unbranched alkanes of at least 4 members (excludes halogenated alkanes) is 1. The standard InChI is InChI=1S/C23H22N4O3/c1-29-21-12-3-2-11-20(21)27-22-19(10-7-14-25-22)23(28)26-17-8-6-9-18(16-17)30-15-5-4-13-24/h2-3,6-12,14,16H,4-5,15H2,1H3,(H,25,27)(H,26,28). The molecule has 0 atom stereocenters. The summed E-state index contributed by atoms with van der Waals surface area (Å²) in [5.41, 5.74) is 1.70. The summed E-state index contributed by atoms with van der Waals surface area (Å²) in [4.78, 5) is 17.2. The Morgan fingerprint density at radius 2 is 2.00 bits per heavy atom. The van der Waals surface area contributed by atoms with Crippen molar-refractivity contribution >= 4 is 23.1 Å². The van der Waals surface area contributed by atoms with Crippen molar-refractivity contribution in [3.8, 4) is 17.6 Å². The van der Waals surface area contributed by atoms with E-state index in [4.69, 9.17) is 14.7 Å². The number of para-hydroxylation sites is 2. The maximum atomic E-state index is 12.9. The Morgan fingerprint density at radius 1 is 1.13 bits per heavy atom. The summed E-state index contributed by atoms with van der Waals surface area (Å²) < 4.78 is 11.0. The number of amides is 1. The van der Waals surface area contributed by atoms with E-state index in [-0.39, 0.29) is 5.91 Å². The molecule has 3 aromatic rings. The van der Waals surface area contributed by atoms with E-state index in [9.17, 15) is 4.79 Å². The molecule has 7 nitrogen and oxygen atoms in total. The van der Waals surface area contributed by atoms with Crippen molar-refractivity contribution < 1.29 is 14.3 Å². The summed E-state index contributed by atoms with van der Waals surface area (Å²) in [7, 11) is 1.59. The van der Waals surface area contributed by atoms with Crippen LogP contribution in [0.1, 0.15) is 23.2 Å². The van der Waals surface area contributed by atoms with Gasteiger partial charge in [-0.2, -0.15) is 5.26 Å². The van der Waals surface area contributed by atoms with Gasteiger partial charge in [0.2, 0.25) is 0 Å². The summed E-state index contributed by atoms with van der Waals surface area (Å²) in [6, 6.07) is 20.0. The smallest absolute Gasteiger partial charge is 0.259 e. The van der Waals surface area contributed by atoms with Crippen molar-refractivity contribution in [1.82, 2.24) is 4.98 Å². The van der Waals surface area contributed by atoms with E-state index in [1.807, 2.05) is 24.3 Å². The monoisotopic (exact) mass is 402 g/mol. The van der Waals surface area contributed by atoms with Gasteiger partial charge in [-0.15, -0.1) is 0 Å². The van der Waals surface area contributed by atoms with Crippen LogP contribution in [0.15, 0.2) is 66.9 Å². The Morgan fingerprint density at radius 3 is 2.83 bits per heavy atom. The molecule has 0 unspecified atom stereocenters. The van der Waals surface area contributed by atoms with E-state index in [1.54, 1.807) is 49.7 Å². The summed E-state index contributed by atoms with van der Waals surface area (Å²) in [6.45, 7) is 0.445. The van der Waals surface area contributed by atoms with Crippen LogP contribution in [0, 0.1) is 11.3 Å². The average Bonchev–Trinajstić information content (AvgIpc) is 2.78. The molecule has 7 heteroatoms. The second-order valence-electron chi connectivity index (χ2n) is 6.32. The molecule has 1 aromatic heterocycles. The fourth-order valence-corrected chi connectivity index (χ4v) is 2.77. The molecule has 0 bridgehead atoms. The maximum absolute atomic E-state index is 12.9. The molecule has 0 saturated carbocycles. The van der Waals surface area contributed by atoms with Crippen LogP contribution in [0.2, 0.25) is 0 Å². The second-order valence-corrected chi connectivity index (χ2v) is 6.32. The topological polar surface area (TPSA) is 96.3 Å². The SMILES string of the molecule is COc1ccccc1Nc1ncccc1C(=O)Nc1cccc(OCCCC#N)c1. The zero-order chi connectivity index (χ0) is 21.2. The number of nitrogens with zero attached hydrogens (tertiary/aromatic N) is 2. The molecular formula is C23H22N4O3. The molecule has 152 valence electrons. The Bertz CT molecular complexity index is 1050. The normalized spacial score (nSPS) is 10.0. The fraction of sp³-hybridized carbons (Fsp3) is 0.174. The van der Waals surface area contributed by atoms with Crippen LogP contribution >= 0.6 is 0 Å². The first kappa shape index (κ1) is 20.7. The predicted molar refractivity (Wildman–Crippen MR) is 115 cm³/mol. The van der Waals surface area contributed by atoms with Gasteiger partial charge in [0, 0.05) is 24.4 Å². The van der Waals surface area contributed by atoms with Crippen molar-refractivity contribution in [2.45, 2.75) is 12.8 Å². The van der Waals surface area contributed by atoms with Crippen molar-refractivity contribution in [2.24, 2.45) is 0 Å². The molecule has 0 spiro atoms. The van der Waals surface area contributed by atoms with Gasteiger partial charge in [-0.1, -0.05) is 18.2 Å². The van der Waals surface area contributed by atoms with Crippen LogP contribution in [0.4, 0.5) is 17.2 Å². The third-order valence-corrected chi connectivity index (χ3v) is 4.21. The highest BCUT2D eigenvalue weighted by atomic mass is 16.5. The van der Waals surface area contributed by atoms with Crippen LogP contribution < -0.4 is 20.1 Å². The summed E-state index contributed by atoms with van der Waals surface area (Å²) >= 11 is 0. The van der Waals surface area contributed by atoms with Crippen LogP contribution in [-0.4, -0.2) is 24.6 Å². The van der Waals surface area contributed by atoms with Gasteiger partial charge < -0.3 is 20.1 Å². The lowest BCUT2D eigenvalue weighted by Gasteiger charge is -2.14. The zero-order valence-electron chi connectivity index (χ0n) is 16.6. The number of methoxy groups -OCH3 is 1. The minimum Gasteiger partial charge on any atom is -0.495 e. The van der Waals surface area contributed by atoms with Gasteiger partial charge in [0.1, 0.15) is 17.3 Å². The number of carbonyl (C=O) groups is 1. The molecule has 2 N–H and O–H groups in total. The molecule has 0 aliphatic heterocycles. The molecule has 0 saturated heterocycles. The number of pyridine rings is 1. The Balaban J connectivity index is 1.73. The van der Waals surface area contributed by atoms with E-state index in [2.05, 4.69) is 21.7 Å². The molecule has 0 radical (unpaired) electrons. The van der Waals surface area contributed by atoms with E-state index >= 15 is 0 Å². The minimum atomic E-state index is -0.304. The molecule has 1 amide bonds. The highest BCUT2D eigenvalue weighted by molar-refractivity contribution is 6.07. The first-order chi connectivity index (χ1) is 14.7. The third-order valence-electron chi connectivity index (χ3n) is 4.21. The van der Waals surface area contributed by atoms with Crippen LogP contribution in [0.5, 0.6) is 11.5 Å². The van der Waals surface area contributed by atoms with Crippen LogP contribution in [0.3, 0.4) is 0 Å². The number of anilines is 3. The van der Waals surface area contributed by atoms with Crippen molar-refractivity contribution in [2.75, 3.05) is 24.4 Å². The lowest BCUT2D eigenvalue weighted by Crippen LogP contribution is -2.15. The minimum absolute atomic E-state index is 0.304. The molecular weight excluding hydrogens is 380 g/mol. The molecule has 1 heterocycles. The maximum Gasteiger partial charge on any atom is 0.259 e. The van der Waals surface area contributed by atoms with Crippen molar-refractivity contribution in [3.63, 3.8) is 0 Å². The van der Waals surface area contributed by atoms with Gasteiger partial charge in [-0.05, 0) is 42.8 Å². The van der Waals surface area contributed by atoms with Gasteiger partial charge in [-0.3, -0.25) is 4.79 Å². The van der Waals surface area contributed by atoms with Gasteiger partial charge in [0.15, 0.2) is 0 Å². The highest BCUT2D eigenvalue weighted by Gasteiger charge is 2.14. The fourth-order valence-electron chi connectivity index (χ4n) is 2.77. The molecule has 2 aromatic carbocycles. The van der Waals surface area contributed by atoms with Crippen molar-refractivity contribution in [3.05, 3.63) is 72.4 Å². The summed E-state index contributed by atoms with van der Waals surface area (Å²) in [5.74, 6) is 1.39. The first-order valence-electron chi connectivity index (χ1n) is 9.47. The lowest BCUT2D eigenvalue weighted by molar-refractivity contribution is 0.102. The van der Waals surface area contributed by atoms with E-state index in [0.29, 0.717) is 53.7 Å². The number of hydrogen-bond acceptors (Lipinski definition) is 6. The zero-order valence-corrected chi connectivity index (χ0v) is 16.6. The largest absolute Gasteiger partial charge is 0.495 e. The summed E-state index contributed by atoms with van der Waals surface area (Å²) in [6.07, 6.45) is 2.71. The number of benzene rings is 2. The quantitative estimate of drug-likeness (QED) is 0.501. The predicted octanol–water partition coefficient (Wildman–Crippen LogP) is 4.77. The van der Waals surface area contributed by atoms with Crippen molar-refractivity contribution in [1.29, 1.82) is 5.26 Å². The first-order valence-corrected chi connectivity index (χ1v) is 9.47. The number of nitrogens with one attached hydrogen (secondary N) is 2. The number of aromatic nitrogens is 1. The Hall–Kier alpha value is -4.05. The molecule has 0 aliphatic carbocycles. The Labute approximate surface area is 175 Å². The van der Waals surface area contributed by atoms with E-state index in [1.165, 1.54) is 0 Å². The molecule has 30 heavy (non-hydrogen) atoms. The third kappa shape index (κ3) is 5.49. The lowest BCUT2D eigenvalue weighted by atomic mass is 10.2. The number of carbonyl (C=O) groups excluding carboxylic acids is 1. The van der Waals surface area contributed by atoms with E-state index < -0.39 is 0 Å². The number of rotatable bonds is 9. The van der Waals surface area contributed by atoms with Gasteiger partial charge in [0.05, 0.1) is 31.0 Å². The number of nitriles is 1. The molecule has 3 rings (SSSR count). The molecule has 0 aliphatic rings. The Kier molecular flexibility index (Phi) is 7.23. The average molecular weight is 402 g/mol. The summed E-state index contributed by atoms with van der Waals surface area (Å²) in [5, 5.41) is 14.6. The van der Waals surface area contributed by atoms with Crippen LogP contribution in [0.25, 0.3) is 0 Å². The van der Waals surface area contributed by atoms with Gasteiger partial charge in [-0.25, -0.2) is 4.98 Å². The molecule has 0 fully saturated rings. The van der Waals surface area contributed by atoms with Gasteiger partial charge in [0.25, 0.3) is 5.91 Å². The van der Waals surface area contributed by atoms with Crippen LogP contribution in [-0.2, 0) is 0 Å².